The van der Waals surface area contributed by atoms with Gasteiger partial charge in [0.05, 0.1) is 11.0 Å². The highest BCUT2D eigenvalue weighted by Gasteiger charge is 2.07. The summed E-state index contributed by atoms with van der Waals surface area (Å²) in [6.45, 7) is 1.84. The zero-order valence-corrected chi connectivity index (χ0v) is 10.3. The van der Waals surface area contributed by atoms with Crippen LogP contribution in [0.1, 0.15) is 18.2 Å². The second-order valence-corrected chi connectivity index (χ2v) is 4.02. The van der Waals surface area contributed by atoms with Crippen LogP contribution in [-0.2, 0) is 11.8 Å². The van der Waals surface area contributed by atoms with E-state index in [1.54, 1.807) is 6.07 Å². The van der Waals surface area contributed by atoms with Crippen LogP contribution in [0.3, 0.4) is 0 Å². The summed E-state index contributed by atoms with van der Waals surface area (Å²) in [7, 11) is 0. The summed E-state index contributed by atoms with van der Waals surface area (Å²) >= 11 is 3.19. The smallest absolute Gasteiger partial charge is 0.270 e. The van der Waals surface area contributed by atoms with Crippen LogP contribution in [0, 0.1) is 5.82 Å². The highest BCUT2D eigenvalue weighted by atomic mass is 79.9. The van der Waals surface area contributed by atoms with Gasteiger partial charge in [-0.1, -0.05) is 22.9 Å². The average molecular weight is 285 g/mol. The first kappa shape index (κ1) is 11.3. The van der Waals surface area contributed by atoms with E-state index in [4.69, 9.17) is 0 Å². The lowest BCUT2D eigenvalue weighted by Crippen LogP contribution is -2.14. The molecule has 0 fully saturated rings. The van der Waals surface area contributed by atoms with Gasteiger partial charge in [0, 0.05) is 17.0 Å². The SMILES string of the molecule is CCc1nc2cc(F)c(CBr)cc2[nH]c1=O. The fourth-order valence-corrected chi connectivity index (χ4v) is 1.96. The summed E-state index contributed by atoms with van der Waals surface area (Å²) in [6, 6.07) is 2.95. The second-order valence-electron chi connectivity index (χ2n) is 3.46. The summed E-state index contributed by atoms with van der Waals surface area (Å²) in [6.07, 6.45) is 0.535. The minimum absolute atomic E-state index is 0.206. The Bertz CT molecular complexity index is 594. The molecule has 16 heavy (non-hydrogen) atoms. The molecule has 84 valence electrons. The lowest BCUT2D eigenvalue weighted by molar-refractivity contribution is 0.619. The van der Waals surface area contributed by atoms with Crippen molar-refractivity contribution in [3.05, 3.63) is 39.6 Å². The molecule has 3 nitrogen and oxygen atoms in total. The van der Waals surface area contributed by atoms with Crippen molar-refractivity contribution in [2.45, 2.75) is 18.7 Å². The second kappa shape index (κ2) is 4.33. The van der Waals surface area contributed by atoms with Gasteiger partial charge in [-0.15, -0.1) is 0 Å². The Balaban J connectivity index is 2.76. The van der Waals surface area contributed by atoms with Crippen LogP contribution < -0.4 is 5.56 Å². The molecule has 0 unspecified atom stereocenters. The number of halogens is 2. The molecule has 0 radical (unpaired) electrons. The third-order valence-corrected chi connectivity index (χ3v) is 3.01. The zero-order chi connectivity index (χ0) is 11.7. The Morgan fingerprint density at radius 2 is 2.25 bits per heavy atom. The maximum absolute atomic E-state index is 13.5. The van der Waals surface area contributed by atoms with Gasteiger partial charge in [-0.25, -0.2) is 9.37 Å². The number of nitrogens with zero attached hydrogens (tertiary/aromatic N) is 1. The Morgan fingerprint density at radius 1 is 1.50 bits per heavy atom. The number of rotatable bonds is 2. The predicted molar refractivity (Wildman–Crippen MR) is 64.3 cm³/mol. The van der Waals surface area contributed by atoms with Crippen molar-refractivity contribution in [2.75, 3.05) is 0 Å². The maximum Gasteiger partial charge on any atom is 0.270 e. The molecule has 1 aromatic carbocycles. The number of aryl methyl sites for hydroxylation is 1. The van der Waals surface area contributed by atoms with Gasteiger partial charge in [-0.2, -0.15) is 0 Å². The van der Waals surface area contributed by atoms with Crippen LogP contribution in [-0.4, -0.2) is 9.97 Å². The fraction of sp³-hybridized carbons (Fsp3) is 0.273. The monoisotopic (exact) mass is 284 g/mol. The molecule has 0 aliphatic carbocycles. The molecule has 0 atom stereocenters. The molecule has 1 heterocycles. The van der Waals surface area contributed by atoms with Gasteiger partial charge in [0.2, 0.25) is 0 Å². The van der Waals surface area contributed by atoms with E-state index in [1.807, 2.05) is 6.92 Å². The molecule has 2 rings (SSSR count). The molecular formula is C11H10BrFN2O. The molecule has 0 aliphatic rings. The summed E-state index contributed by atoms with van der Waals surface area (Å²) in [5.41, 5.74) is 1.78. The number of hydrogen-bond acceptors (Lipinski definition) is 2. The third-order valence-electron chi connectivity index (χ3n) is 2.41. The quantitative estimate of drug-likeness (QED) is 0.862. The van der Waals surface area contributed by atoms with Crippen LogP contribution in [0.2, 0.25) is 0 Å². The van der Waals surface area contributed by atoms with Crippen molar-refractivity contribution in [1.29, 1.82) is 0 Å². The lowest BCUT2D eigenvalue weighted by Gasteiger charge is -2.03. The molecule has 1 N–H and O–H groups in total. The number of fused-ring (bicyclic) bond motifs is 1. The van der Waals surface area contributed by atoms with E-state index in [1.165, 1.54) is 6.07 Å². The number of H-pyrrole nitrogens is 1. The number of alkyl halides is 1. The number of benzene rings is 1. The van der Waals surface area contributed by atoms with Crippen LogP contribution in [0.4, 0.5) is 4.39 Å². The molecular weight excluding hydrogens is 275 g/mol. The number of aromatic nitrogens is 2. The van der Waals surface area contributed by atoms with E-state index in [9.17, 15) is 9.18 Å². The average Bonchev–Trinajstić information content (AvgIpc) is 2.28. The molecule has 0 aliphatic heterocycles. The van der Waals surface area contributed by atoms with E-state index >= 15 is 0 Å². The molecule has 2 aromatic rings. The predicted octanol–water partition coefficient (Wildman–Crippen LogP) is 2.52. The topological polar surface area (TPSA) is 45.8 Å². The first-order valence-corrected chi connectivity index (χ1v) is 6.05. The summed E-state index contributed by atoms with van der Waals surface area (Å²) in [5, 5.41) is 0.409. The molecule has 0 saturated heterocycles. The first-order valence-electron chi connectivity index (χ1n) is 4.93. The van der Waals surface area contributed by atoms with Crippen molar-refractivity contribution in [3.63, 3.8) is 0 Å². The Labute approximate surface area is 99.8 Å². The summed E-state index contributed by atoms with van der Waals surface area (Å²) in [4.78, 5) is 18.4. The maximum atomic E-state index is 13.5. The summed E-state index contributed by atoms with van der Waals surface area (Å²) < 4.78 is 13.5. The third kappa shape index (κ3) is 1.87. The first-order chi connectivity index (χ1) is 7.65. The van der Waals surface area contributed by atoms with Crippen molar-refractivity contribution in [2.24, 2.45) is 0 Å². The minimum atomic E-state index is -0.314. The number of nitrogens with one attached hydrogen (secondary N) is 1. The Hall–Kier alpha value is -1.23. The van der Waals surface area contributed by atoms with E-state index in [0.717, 1.165) is 0 Å². The molecule has 1 aromatic heterocycles. The number of aromatic amines is 1. The molecule has 0 spiro atoms. The Kier molecular flexibility index (Phi) is 3.05. The van der Waals surface area contributed by atoms with Gasteiger partial charge in [0.15, 0.2) is 0 Å². The van der Waals surface area contributed by atoms with Gasteiger partial charge >= 0.3 is 0 Å². The fourth-order valence-electron chi connectivity index (χ4n) is 1.53. The van der Waals surface area contributed by atoms with E-state index in [0.29, 0.717) is 34.0 Å². The zero-order valence-electron chi connectivity index (χ0n) is 8.68. The summed E-state index contributed by atoms with van der Waals surface area (Å²) in [5.74, 6) is -0.314. The van der Waals surface area contributed by atoms with E-state index in [2.05, 4.69) is 25.9 Å². The van der Waals surface area contributed by atoms with Crippen molar-refractivity contribution in [1.82, 2.24) is 9.97 Å². The van der Waals surface area contributed by atoms with Gasteiger partial charge in [0.25, 0.3) is 5.56 Å². The standard InChI is InChI=1S/C11H10BrFN2O/c1-2-8-11(16)15-9-3-6(5-12)7(13)4-10(9)14-8/h3-4H,2,5H2,1H3,(H,15,16). The molecule has 0 amide bonds. The van der Waals surface area contributed by atoms with Gasteiger partial charge in [-0.05, 0) is 12.5 Å². The van der Waals surface area contributed by atoms with Crippen LogP contribution in [0.5, 0.6) is 0 Å². The molecule has 5 heteroatoms. The highest BCUT2D eigenvalue weighted by Crippen LogP contribution is 2.17. The lowest BCUT2D eigenvalue weighted by atomic mass is 10.2. The van der Waals surface area contributed by atoms with Gasteiger partial charge < -0.3 is 4.98 Å². The number of hydrogen-bond donors (Lipinski definition) is 1. The van der Waals surface area contributed by atoms with E-state index in [-0.39, 0.29) is 11.4 Å². The van der Waals surface area contributed by atoms with Crippen LogP contribution in [0.25, 0.3) is 11.0 Å². The van der Waals surface area contributed by atoms with Gasteiger partial charge in [-0.3, -0.25) is 4.79 Å². The normalized spacial score (nSPS) is 10.9. The van der Waals surface area contributed by atoms with Crippen LogP contribution in [0.15, 0.2) is 16.9 Å². The van der Waals surface area contributed by atoms with Gasteiger partial charge in [0.1, 0.15) is 11.5 Å². The molecule has 0 bridgehead atoms. The van der Waals surface area contributed by atoms with Crippen molar-refractivity contribution in [3.8, 4) is 0 Å². The minimum Gasteiger partial charge on any atom is -0.319 e. The van der Waals surface area contributed by atoms with Crippen molar-refractivity contribution >= 4 is 27.0 Å². The van der Waals surface area contributed by atoms with Crippen LogP contribution >= 0.6 is 15.9 Å². The van der Waals surface area contributed by atoms with Crippen molar-refractivity contribution < 1.29 is 4.39 Å². The molecule has 0 saturated carbocycles. The van der Waals surface area contributed by atoms with E-state index < -0.39 is 0 Å². The Morgan fingerprint density at radius 3 is 2.88 bits per heavy atom. The largest absolute Gasteiger partial charge is 0.319 e. The highest BCUT2D eigenvalue weighted by molar-refractivity contribution is 9.08.